The zero-order valence-electron chi connectivity index (χ0n) is 17.0. The molecule has 1 atom stereocenters. The molecule has 1 N–H and O–H groups in total. The van der Waals surface area contributed by atoms with Crippen molar-refractivity contribution in [1.82, 2.24) is 9.88 Å². The number of hydrogen-bond donors (Lipinski definition) is 1. The number of piperazine rings is 1. The molecule has 1 saturated heterocycles. The lowest BCUT2D eigenvalue weighted by atomic mass is 9.96. The number of anilines is 1. The predicted molar refractivity (Wildman–Crippen MR) is 113 cm³/mol. The Bertz CT molecular complexity index is 1040. The lowest BCUT2D eigenvalue weighted by Gasteiger charge is -2.37. The van der Waals surface area contributed by atoms with Crippen LogP contribution in [0.5, 0.6) is 5.75 Å². The first kappa shape index (κ1) is 19.3. The third kappa shape index (κ3) is 3.55. The molecule has 152 valence electrons. The average molecular weight is 395 g/mol. The summed E-state index contributed by atoms with van der Waals surface area (Å²) in [4.78, 5) is 20.6. The maximum atomic E-state index is 13.6. The SMILES string of the molecule is COc1ccccc1N1CCN(C(=O)C(C)c2c(C)[nH]c3cc(F)ccc23)CC1. The van der Waals surface area contributed by atoms with Crippen molar-refractivity contribution in [3.63, 3.8) is 0 Å². The number of halogens is 1. The summed E-state index contributed by atoms with van der Waals surface area (Å²) in [5, 5.41) is 0.914. The van der Waals surface area contributed by atoms with Crippen molar-refractivity contribution in [2.45, 2.75) is 19.8 Å². The second kappa shape index (κ2) is 7.78. The third-order valence-electron chi connectivity index (χ3n) is 5.82. The minimum atomic E-state index is -0.285. The second-order valence-electron chi connectivity index (χ2n) is 7.56. The van der Waals surface area contributed by atoms with E-state index in [1.807, 2.05) is 43.0 Å². The fourth-order valence-electron chi connectivity index (χ4n) is 4.34. The summed E-state index contributed by atoms with van der Waals surface area (Å²) < 4.78 is 19.0. The molecule has 1 aliphatic rings. The highest BCUT2D eigenvalue weighted by Gasteiger charge is 2.29. The number of methoxy groups -OCH3 is 1. The number of hydrogen-bond acceptors (Lipinski definition) is 3. The molecule has 5 nitrogen and oxygen atoms in total. The number of nitrogens with zero attached hydrogens (tertiary/aromatic N) is 2. The van der Waals surface area contributed by atoms with Crippen LogP contribution in [0.15, 0.2) is 42.5 Å². The van der Waals surface area contributed by atoms with Crippen molar-refractivity contribution in [2.75, 3.05) is 38.2 Å². The first-order valence-corrected chi connectivity index (χ1v) is 9.94. The van der Waals surface area contributed by atoms with E-state index in [-0.39, 0.29) is 17.6 Å². The van der Waals surface area contributed by atoms with E-state index in [4.69, 9.17) is 4.74 Å². The number of nitrogens with one attached hydrogen (secondary N) is 1. The van der Waals surface area contributed by atoms with Crippen LogP contribution in [0, 0.1) is 12.7 Å². The fraction of sp³-hybridized carbons (Fsp3) is 0.348. The average Bonchev–Trinajstić information content (AvgIpc) is 3.07. The number of benzene rings is 2. The van der Waals surface area contributed by atoms with E-state index >= 15 is 0 Å². The lowest BCUT2D eigenvalue weighted by Crippen LogP contribution is -2.50. The molecule has 1 aliphatic heterocycles. The molecule has 1 amide bonds. The molecule has 3 aromatic rings. The number of carbonyl (C=O) groups is 1. The van der Waals surface area contributed by atoms with Crippen LogP contribution < -0.4 is 9.64 Å². The Hall–Kier alpha value is -3.02. The smallest absolute Gasteiger partial charge is 0.230 e. The van der Waals surface area contributed by atoms with Gasteiger partial charge in [-0.3, -0.25) is 4.79 Å². The highest BCUT2D eigenvalue weighted by atomic mass is 19.1. The van der Waals surface area contributed by atoms with Gasteiger partial charge >= 0.3 is 0 Å². The van der Waals surface area contributed by atoms with E-state index in [2.05, 4.69) is 9.88 Å². The summed E-state index contributed by atoms with van der Waals surface area (Å²) >= 11 is 0. The zero-order valence-corrected chi connectivity index (χ0v) is 17.0. The van der Waals surface area contributed by atoms with Gasteiger partial charge in [-0.25, -0.2) is 4.39 Å². The summed E-state index contributed by atoms with van der Waals surface area (Å²) in [6, 6.07) is 12.6. The summed E-state index contributed by atoms with van der Waals surface area (Å²) in [5.41, 5.74) is 3.67. The maximum absolute atomic E-state index is 13.6. The first-order valence-electron chi connectivity index (χ1n) is 9.94. The van der Waals surface area contributed by atoms with Crippen molar-refractivity contribution in [1.29, 1.82) is 0 Å². The van der Waals surface area contributed by atoms with Gasteiger partial charge in [-0.1, -0.05) is 12.1 Å². The molecule has 6 heteroatoms. The number of aromatic nitrogens is 1. The number of para-hydroxylation sites is 2. The van der Waals surface area contributed by atoms with E-state index in [1.165, 1.54) is 12.1 Å². The molecule has 1 fully saturated rings. The number of carbonyl (C=O) groups excluding carboxylic acids is 1. The molecule has 0 bridgehead atoms. The highest BCUT2D eigenvalue weighted by molar-refractivity contribution is 5.93. The molecular weight excluding hydrogens is 369 g/mol. The number of aromatic amines is 1. The highest BCUT2D eigenvalue weighted by Crippen LogP contribution is 2.32. The van der Waals surface area contributed by atoms with Gasteiger partial charge in [0.15, 0.2) is 0 Å². The Labute approximate surface area is 170 Å². The molecule has 2 heterocycles. The van der Waals surface area contributed by atoms with Crippen LogP contribution in [0.4, 0.5) is 10.1 Å². The van der Waals surface area contributed by atoms with E-state index in [9.17, 15) is 9.18 Å². The van der Waals surface area contributed by atoms with Crippen LogP contribution in [0.3, 0.4) is 0 Å². The van der Waals surface area contributed by atoms with Gasteiger partial charge in [0.25, 0.3) is 0 Å². The van der Waals surface area contributed by atoms with Crippen LogP contribution in [0.25, 0.3) is 10.9 Å². The third-order valence-corrected chi connectivity index (χ3v) is 5.82. The molecule has 1 aromatic heterocycles. The van der Waals surface area contributed by atoms with Crippen molar-refractivity contribution < 1.29 is 13.9 Å². The quantitative estimate of drug-likeness (QED) is 0.724. The molecule has 29 heavy (non-hydrogen) atoms. The first-order chi connectivity index (χ1) is 14.0. The van der Waals surface area contributed by atoms with Crippen molar-refractivity contribution >= 4 is 22.5 Å². The van der Waals surface area contributed by atoms with Gasteiger partial charge in [0.1, 0.15) is 11.6 Å². The number of ether oxygens (including phenoxy) is 1. The van der Waals surface area contributed by atoms with Crippen LogP contribution in [-0.2, 0) is 4.79 Å². The Kier molecular flexibility index (Phi) is 5.18. The van der Waals surface area contributed by atoms with E-state index in [1.54, 1.807) is 13.2 Å². The van der Waals surface area contributed by atoms with Gasteiger partial charge < -0.3 is 19.5 Å². The fourth-order valence-corrected chi connectivity index (χ4v) is 4.34. The minimum Gasteiger partial charge on any atom is -0.495 e. The minimum absolute atomic E-state index is 0.109. The maximum Gasteiger partial charge on any atom is 0.230 e. The topological polar surface area (TPSA) is 48.6 Å². The largest absolute Gasteiger partial charge is 0.495 e. The molecular formula is C23H26FN3O2. The molecule has 0 saturated carbocycles. The van der Waals surface area contributed by atoms with Gasteiger partial charge in [-0.05, 0) is 49.7 Å². The summed E-state index contributed by atoms with van der Waals surface area (Å²) in [7, 11) is 1.68. The van der Waals surface area contributed by atoms with Crippen molar-refractivity contribution in [3.05, 3.63) is 59.5 Å². The predicted octanol–water partition coefficient (Wildman–Crippen LogP) is 4.08. The van der Waals surface area contributed by atoms with Gasteiger partial charge in [0.05, 0.1) is 18.7 Å². The van der Waals surface area contributed by atoms with E-state index < -0.39 is 0 Å². The number of rotatable bonds is 4. The van der Waals surface area contributed by atoms with Gasteiger partial charge in [0, 0.05) is 42.8 Å². The number of fused-ring (bicyclic) bond motifs is 1. The van der Waals surface area contributed by atoms with Gasteiger partial charge in [-0.15, -0.1) is 0 Å². The molecule has 0 radical (unpaired) electrons. The summed E-state index contributed by atoms with van der Waals surface area (Å²) in [5.74, 6) is 0.393. The Morgan fingerprint density at radius 3 is 2.59 bits per heavy atom. The molecule has 4 rings (SSSR count). The normalized spacial score (nSPS) is 15.6. The van der Waals surface area contributed by atoms with Crippen molar-refractivity contribution in [3.8, 4) is 5.75 Å². The van der Waals surface area contributed by atoms with Crippen molar-refractivity contribution in [2.24, 2.45) is 0 Å². The van der Waals surface area contributed by atoms with Crippen LogP contribution in [-0.4, -0.2) is 49.1 Å². The lowest BCUT2D eigenvalue weighted by molar-refractivity contribution is -0.132. The monoisotopic (exact) mass is 395 g/mol. The van der Waals surface area contributed by atoms with Crippen LogP contribution in [0.2, 0.25) is 0 Å². The van der Waals surface area contributed by atoms with Crippen LogP contribution in [0.1, 0.15) is 24.1 Å². The second-order valence-corrected chi connectivity index (χ2v) is 7.56. The zero-order chi connectivity index (χ0) is 20.5. The number of amides is 1. The standard InChI is InChI=1S/C23H26FN3O2/c1-15(22-16(2)25-19-14-17(24)8-9-18(19)22)23(28)27-12-10-26(11-13-27)20-6-4-5-7-21(20)29-3/h4-9,14-15,25H,10-13H2,1-3H3. The Morgan fingerprint density at radius 1 is 1.14 bits per heavy atom. The summed E-state index contributed by atoms with van der Waals surface area (Å²) in [6.45, 7) is 6.73. The van der Waals surface area contributed by atoms with E-state index in [0.717, 1.165) is 46.7 Å². The summed E-state index contributed by atoms with van der Waals surface area (Å²) in [6.07, 6.45) is 0. The van der Waals surface area contributed by atoms with Gasteiger partial charge in [0.2, 0.25) is 5.91 Å². The van der Waals surface area contributed by atoms with Crippen LogP contribution >= 0.6 is 0 Å². The molecule has 2 aromatic carbocycles. The number of H-pyrrole nitrogens is 1. The van der Waals surface area contributed by atoms with Gasteiger partial charge in [-0.2, -0.15) is 0 Å². The number of aryl methyl sites for hydroxylation is 1. The Balaban J connectivity index is 1.49. The molecule has 0 aliphatic carbocycles. The van der Waals surface area contributed by atoms with E-state index in [0.29, 0.717) is 13.1 Å². The molecule has 0 spiro atoms. The molecule has 1 unspecified atom stereocenters. The Morgan fingerprint density at radius 2 is 1.86 bits per heavy atom.